The number of nitrogens with one attached hydrogen (secondary N) is 1. The zero-order chi connectivity index (χ0) is 19.5. The van der Waals surface area contributed by atoms with Gasteiger partial charge in [0.1, 0.15) is 11.8 Å². The molecule has 1 aromatic carbocycles. The Kier molecular flexibility index (Phi) is 5.31. The highest BCUT2D eigenvalue weighted by Gasteiger charge is 2.31. The zero-order valence-electron chi connectivity index (χ0n) is 16.1. The van der Waals surface area contributed by atoms with Crippen LogP contribution in [0.3, 0.4) is 0 Å². The second kappa shape index (κ2) is 8.03. The Balaban J connectivity index is 1.37. The number of amides is 1. The van der Waals surface area contributed by atoms with Gasteiger partial charge in [0, 0.05) is 42.9 Å². The fourth-order valence-electron chi connectivity index (χ4n) is 4.20. The van der Waals surface area contributed by atoms with E-state index in [-0.39, 0.29) is 11.9 Å². The third-order valence-corrected chi connectivity index (χ3v) is 5.65. The van der Waals surface area contributed by atoms with Gasteiger partial charge in [0.05, 0.1) is 25.2 Å². The summed E-state index contributed by atoms with van der Waals surface area (Å²) in [6, 6.07) is 10.2. The highest BCUT2D eigenvalue weighted by Crippen LogP contribution is 2.27. The molecule has 146 valence electrons. The van der Waals surface area contributed by atoms with Crippen molar-refractivity contribution in [3.63, 3.8) is 0 Å². The van der Waals surface area contributed by atoms with E-state index in [4.69, 9.17) is 4.74 Å². The molecule has 4 rings (SSSR count). The molecule has 0 saturated carbocycles. The number of likely N-dealkylation sites (tertiary alicyclic amines) is 2. The Morgan fingerprint density at radius 1 is 1.36 bits per heavy atom. The maximum absolute atomic E-state index is 12.5. The van der Waals surface area contributed by atoms with Crippen LogP contribution in [-0.4, -0.2) is 66.1 Å². The van der Waals surface area contributed by atoms with Crippen molar-refractivity contribution >= 4 is 22.5 Å². The smallest absolute Gasteiger partial charge is 0.237 e. The standard InChI is InChI=1S/C21H25N5O2/c1-28-20-6-8-23-19-5-4-15(11-18(19)20)24-16-7-10-25(13-16)14-21(27)26-9-2-3-17(26)12-22/h4-6,8,11,16-17,24H,2-3,7,9-10,13-14H2,1H3/t16-,17+/m1/s1. The van der Waals surface area contributed by atoms with Crippen LogP contribution < -0.4 is 10.1 Å². The van der Waals surface area contributed by atoms with Crippen molar-refractivity contribution in [3.8, 4) is 11.8 Å². The van der Waals surface area contributed by atoms with Crippen LogP contribution in [0, 0.1) is 11.3 Å². The Bertz CT molecular complexity index is 909. The number of nitrogens with zero attached hydrogens (tertiary/aromatic N) is 4. The van der Waals surface area contributed by atoms with Crippen molar-refractivity contribution < 1.29 is 9.53 Å². The molecular weight excluding hydrogens is 354 g/mol. The van der Waals surface area contributed by atoms with E-state index in [2.05, 4.69) is 27.3 Å². The molecule has 7 nitrogen and oxygen atoms in total. The van der Waals surface area contributed by atoms with Crippen molar-refractivity contribution in [2.24, 2.45) is 0 Å². The van der Waals surface area contributed by atoms with E-state index in [0.717, 1.165) is 54.7 Å². The number of carbonyl (C=O) groups is 1. The van der Waals surface area contributed by atoms with Gasteiger partial charge in [-0.15, -0.1) is 0 Å². The van der Waals surface area contributed by atoms with Crippen LogP contribution in [0.25, 0.3) is 10.9 Å². The molecule has 7 heteroatoms. The van der Waals surface area contributed by atoms with Crippen LogP contribution in [0.2, 0.25) is 0 Å². The molecule has 1 aromatic heterocycles. The van der Waals surface area contributed by atoms with Crippen molar-refractivity contribution in [2.75, 3.05) is 38.6 Å². The van der Waals surface area contributed by atoms with Crippen LogP contribution in [0.5, 0.6) is 5.75 Å². The van der Waals surface area contributed by atoms with Crippen LogP contribution in [0.15, 0.2) is 30.5 Å². The molecule has 2 aliphatic heterocycles. The van der Waals surface area contributed by atoms with E-state index >= 15 is 0 Å². The van der Waals surface area contributed by atoms with Crippen molar-refractivity contribution in [2.45, 2.75) is 31.3 Å². The van der Waals surface area contributed by atoms with E-state index < -0.39 is 0 Å². The monoisotopic (exact) mass is 379 g/mol. The minimum Gasteiger partial charge on any atom is -0.496 e. The molecule has 2 atom stereocenters. The highest BCUT2D eigenvalue weighted by molar-refractivity contribution is 5.88. The second-order valence-electron chi connectivity index (χ2n) is 7.48. The topological polar surface area (TPSA) is 81.5 Å². The lowest BCUT2D eigenvalue weighted by Crippen LogP contribution is -2.42. The summed E-state index contributed by atoms with van der Waals surface area (Å²) in [6.45, 7) is 2.80. The fraction of sp³-hybridized carbons (Fsp3) is 0.476. The lowest BCUT2D eigenvalue weighted by atomic mass is 10.1. The first-order chi connectivity index (χ1) is 13.7. The van der Waals surface area contributed by atoms with Crippen LogP contribution in [-0.2, 0) is 4.79 Å². The zero-order valence-corrected chi connectivity index (χ0v) is 16.1. The Labute approximate surface area is 164 Å². The first kappa shape index (κ1) is 18.5. The highest BCUT2D eigenvalue weighted by atomic mass is 16.5. The molecule has 0 aliphatic carbocycles. The summed E-state index contributed by atoms with van der Waals surface area (Å²) in [5, 5.41) is 13.7. The summed E-state index contributed by atoms with van der Waals surface area (Å²) in [5.41, 5.74) is 1.93. The van der Waals surface area contributed by atoms with E-state index in [0.29, 0.717) is 19.1 Å². The van der Waals surface area contributed by atoms with Gasteiger partial charge in [-0.2, -0.15) is 5.26 Å². The van der Waals surface area contributed by atoms with Crippen molar-refractivity contribution in [1.29, 1.82) is 5.26 Å². The summed E-state index contributed by atoms with van der Waals surface area (Å²) in [4.78, 5) is 20.8. The summed E-state index contributed by atoms with van der Waals surface area (Å²) >= 11 is 0. The average Bonchev–Trinajstić information content (AvgIpc) is 3.36. The largest absolute Gasteiger partial charge is 0.496 e. The van der Waals surface area contributed by atoms with Gasteiger partial charge in [-0.25, -0.2) is 0 Å². The first-order valence-electron chi connectivity index (χ1n) is 9.78. The summed E-state index contributed by atoms with van der Waals surface area (Å²) in [5.74, 6) is 0.885. The number of pyridine rings is 1. The molecule has 2 aromatic rings. The number of nitriles is 1. The van der Waals surface area contributed by atoms with Gasteiger partial charge >= 0.3 is 0 Å². The molecule has 0 radical (unpaired) electrons. The molecule has 1 amide bonds. The SMILES string of the molecule is COc1ccnc2ccc(N[C@@H]3CCN(CC(=O)N4CCC[C@H]4C#N)C3)cc12. The van der Waals surface area contributed by atoms with E-state index in [1.807, 2.05) is 18.2 Å². The van der Waals surface area contributed by atoms with Gasteiger partial charge in [-0.3, -0.25) is 14.7 Å². The van der Waals surface area contributed by atoms with Gasteiger partial charge in [0.25, 0.3) is 0 Å². The first-order valence-corrected chi connectivity index (χ1v) is 9.78. The third kappa shape index (κ3) is 3.73. The predicted molar refractivity (Wildman–Crippen MR) is 107 cm³/mol. The van der Waals surface area contributed by atoms with E-state index in [1.165, 1.54) is 0 Å². The van der Waals surface area contributed by atoms with Crippen LogP contribution >= 0.6 is 0 Å². The number of anilines is 1. The number of methoxy groups -OCH3 is 1. The number of carbonyl (C=O) groups excluding carboxylic acids is 1. The average molecular weight is 379 g/mol. The van der Waals surface area contributed by atoms with Gasteiger partial charge < -0.3 is 15.0 Å². The van der Waals surface area contributed by atoms with Crippen molar-refractivity contribution in [3.05, 3.63) is 30.5 Å². The molecule has 2 aliphatic rings. The van der Waals surface area contributed by atoms with E-state index in [1.54, 1.807) is 18.2 Å². The molecule has 2 saturated heterocycles. The molecule has 1 N–H and O–H groups in total. The Hall–Kier alpha value is -2.85. The maximum atomic E-state index is 12.5. The third-order valence-electron chi connectivity index (χ3n) is 5.65. The summed E-state index contributed by atoms with van der Waals surface area (Å²) in [6.07, 6.45) is 4.45. The quantitative estimate of drug-likeness (QED) is 0.858. The summed E-state index contributed by atoms with van der Waals surface area (Å²) in [7, 11) is 1.66. The van der Waals surface area contributed by atoms with Crippen LogP contribution in [0.4, 0.5) is 5.69 Å². The normalized spacial score (nSPS) is 22.4. The van der Waals surface area contributed by atoms with Crippen LogP contribution in [0.1, 0.15) is 19.3 Å². The maximum Gasteiger partial charge on any atom is 0.237 e. The molecule has 0 bridgehead atoms. The number of benzene rings is 1. The Morgan fingerprint density at radius 3 is 3.07 bits per heavy atom. The lowest BCUT2D eigenvalue weighted by molar-refractivity contribution is -0.132. The number of rotatable bonds is 5. The van der Waals surface area contributed by atoms with Gasteiger partial charge in [0.2, 0.25) is 5.91 Å². The van der Waals surface area contributed by atoms with Gasteiger partial charge in [-0.05, 0) is 43.5 Å². The van der Waals surface area contributed by atoms with E-state index in [9.17, 15) is 10.1 Å². The number of hydrogen-bond donors (Lipinski definition) is 1. The van der Waals surface area contributed by atoms with Gasteiger partial charge in [-0.1, -0.05) is 0 Å². The fourth-order valence-corrected chi connectivity index (χ4v) is 4.20. The summed E-state index contributed by atoms with van der Waals surface area (Å²) < 4.78 is 5.44. The number of hydrogen-bond acceptors (Lipinski definition) is 6. The molecule has 0 spiro atoms. The molecule has 0 unspecified atom stereocenters. The second-order valence-corrected chi connectivity index (χ2v) is 7.48. The Morgan fingerprint density at radius 2 is 2.25 bits per heavy atom. The molecular formula is C21H25N5O2. The molecule has 3 heterocycles. The predicted octanol–water partition coefficient (Wildman–Crippen LogP) is 2.24. The number of ether oxygens (including phenoxy) is 1. The molecule has 28 heavy (non-hydrogen) atoms. The molecule has 2 fully saturated rings. The lowest BCUT2D eigenvalue weighted by Gasteiger charge is -2.23. The van der Waals surface area contributed by atoms with Gasteiger partial charge in [0.15, 0.2) is 0 Å². The minimum absolute atomic E-state index is 0.0752. The minimum atomic E-state index is -0.245. The number of aromatic nitrogens is 1. The van der Waals surface area contributed by atoms with Crippen molar-refractivity contribution in [1.82, 2.24) is 14.8 Å². The number of fused-ring (bicyclic) bond motifs is 1.